The number of carboxylic acids is 1. The average Bonchev–Trinajstić information content (AvgIpc) is 2.58. The quantitative estimate of drug-likeness (QED) is 0.585. The summed E-state index contributed by atoms with van der Waals surface area (Å²) in [5.41, 5.74) is 6.20. The maximum atomic E-state index is 13.7. The zero-order valence-corrected chi connectivity index (χ0v) is 11.7. The van der Waals surface area contributed by atoms with Crippen LogP contribution in [0.2, 0.25) is 0 Å². The number of halogens is 1. The third-order valence-electron chi connectivity index (χ3n) is 3.99. The number of anilines is 2. The van der Waals surface area contributed by atoms with Gasteiger partial charge in [0.2, 0.25) is 0 Å². The predicted molar refractivity (Wildman–Crippen MR) is 77.4 cm³/mol. The lowest BCUT2D eigenvalue weighted by atomic mass is 10.0. The highest BCUT2D eigenvalue weighted by atomic mass is 19.1. The second-order valence-electron chi connectivity index (χ2n) is 5.68. The maximum Gasteiger partial charge on any atom is 0.338 e. The molecule has 20 heavy (non-hydrogen) atoms. The minimum Gasteiger partial charge on any atom is -0.478 e. The van der Waals surface area contributed by atoms with Crippen LogP contribution in [-0.2, 0) is 0 Å². The number of hydrogen-bond acceptors (Lipinski definition) is 3. The van der Waals surface area contributed by atoms with Gasteiger partial charge >= 0.3 is 5.97 Å². The number of nitrogens with one attached hydrogen (secondary N) is 1. The van der Waals surface area contributed by atoms with Crippen LogP contribution in [0.1, 0.15) is 49.4 Å². The summed E-state index contributed by atoms with van der Waals surface area (Å²) in [6, 6.07) is 2.64. The smallest absolute Gasteiger partial charge is 0.338 e. The van der Waals surface area contributed by atoms with Crippen molar-refractivity contribution in [2.75, 3.05) is 11.1 Å². The normalized spacial score (nSPS) is 23.1. The molecule has 1 aromatic rings. The molecule has 1 fully saturated rings. The summed E-state index contributed by atoms with van der Waals surface area (Å²) in [6.07, 6.45) is 5.58. The zero-order chi connectivity index (χ0) is 14.7. The number of hydrogen-bond donors (Lipinski definition) is 3. The number of carbonyl (C=O) groups is 1. The minimum absolute atomic E-state index is 0.275. The molecule has 0 saturated heterocycles. The molecular weight excluding hydrogens is 259 g/mol. The molecule has 0 spiro atoms. The van der Waals surface area contributed by atoms with E-state index in [1.54, 1.807) is 0 Å². The predicted octanol–water partition coefficient (Wildman–Crippen LogP) is 3.49. The molecular formula is C15H21FN2O2. The molecule has 0 radical (unpaired) electrons. The molecule has 0 bridgehead atoms. The van der Waals surface area contributed by atoms with Gasteiger partial charge in [0.1, 0.15) is 5.82 Å². The van der Waals surface area contributed by atoms with Crippen LogP contribution in [0.5, 0.6) is 0 Å². The van der Waals surface area contributed by atoms with Gasteiger partial charge < -0.3 is 16.2 Å². The molecule has 0 heterocycles. The van der Waals surface area contributed by atoms with Crippen molar-refractivity contribution in [3.63, 3.8) is 0 Å². The van der Waals surface area contributed by atoms with Gasteiger partial charge in [0.05, 0.1) is 16.9 Å². The topological polar surface area (TPSA) is 75.3 Å². The van der Waals surface area contributed by atoms with Gasteiger partial charge in [-0.2, -0.15) is 0 Å². The van der Waals surface area contributed by atoms with Crippen molar-refractivity contribution >= 4 is 17.3 Å². The van der Waals surface area contributed by atoms with Gasteiger partial charge in [0, 0.05) is 6.04 Å². The molecule has 2 atom stereocenters. The van der Waals surface area contributed by atoms with Crippen LogP contribution in [0.3, 0.4) is 0 Å². The molecule has 4 nitrogen and oxygen atoms in total. The van der Waals surface area contributed by atoms with E-state index in [0.717, 1.165) is 31.6 Å². The highest BCUT2D eigenvalue weighted by Crippen LogP contribution is 2.28. The first-order valence-electron chi connectivity index (χ1n) is 7.06. The molecule has 4 N–H and O–H groups in total. The highest BCUT2D eigenvalue weighted by Gasteiger charge is 2.19. The number of benzene rings is 1. The molecule has 1 aromatic carbocycles. The van der Waals surface area contributed by atoms with Crippen molar-refractivity contribution in [3.05, 3.63) is 23.5 Å². The average molecular weight is 280 g/mol. The maximum absolute atomic E-state index is 13.7. The fourth-order valence-electron chi connectivity index (χ4n) is 2.73. The summed E-state index contributed by atoms with van der Waals surface area (Å²) in [5.74, 6) is -1.33. The van der Waals surface area contributed by atoms with Crippen molar-refractivity contribution in [3.8, 4) is 0 Å². The number of nitrogens with two attached hydrogens (primary N) is 1. The minimum atomic E-state index is -1.30. The van der Waals surface area contributed by atoms with Crippen LogP contribution in [0.15, 0.2) is 12.1 Å². The molecule has 5 heteroatoms. The Balaban J connectivity index is 2.13. The monoisotopic (exact) mass is 280 g/mol. The number of carboxylic acid groups (broad SMARTS) is 1. The fraction of sp³-hybridized carbons (Fsp3) is 0.533. The third-order valence-corrected chi connectivity index (χ3v) is 3.99. The Labute approximate surface area is 118 Å². The molecule has 110 valence electrons. The Morgan fingerprint density at radius 2 is 2.10 bits per heavy atom. The van der Waals surface area contributed by atoms with Crippen molar-refractivity contribution in [2.24, 2.45) is 5.92 Å². The Morgan fingerprint density at radius 1 is 1.35 bits per heavy atom. The van der Waals surface area contributed by atoms with E-state index in [1.807, 2.05) is 0 Å². The van der Waals surface area contributed by atoms with E-state index in [-0.39, 0.29) is 17.3 Å². The SMILES string of the molecule is CC1CCCC(Nc2cc(F)c(C(=O)O)cc2N)CC1. The van der Waals surface area contributed by atoms with E-state index in [1.165, 1.54) is 18.6 Å². The molecule has 1 saturated carbocycles. The highest BCUT2D eigenvalue weighted by molar-refractivity contribution is 5.90. The van der Waals surface area contributed by atoms with Gasteiger partial charge in [0.25, 0.3) is 0 Å². The number of nitrogen functional groups attached to an aromatic ring is 1. The molecule has 0 aliphatic heterocycles. The summed E-state index contributed by atoms with van der Waals surface area (Å²) in [4.78, 5) is 10.8. The molecule has 0 aromatic heterocycles. The van der Waals surface area contributed by atoms with Gasteiger partial charge in [-0.05, 0) is 37.3 Å². The molecule has 1 aliphatic carbocycles. The van der Waals surface area contributed by atoms with Crippen LogP contribution >= 0.6 is 0 Å². The van der Waals surface area contributed by atoms with Crippen LogP contribution in [0.4, 0.5) is 15.8 Å². The number of rotatable bonds is 3. The summed E-state index contributed by atoms with van der Waals surface area (Å²) < 4.78 is 13.7. The van der Waals surface area contributed by atoms with Crippen LogP contribution in [-0.4, -0.2) is 17.1 Å². The Morgan fingerprint density at radius 3 is 2.80 bits per heavy atom. The van der Waals surface area contributed by atoms with E-state index in [2.05, 4.69) is 12.2 Å². The summed E-state index contributed by atoms with van der Waals surface area (Å²) in [6.45, 7) is 2.25. The first kappa shape index (κ1) is 14.6. The summed E-state index contributed by atoms with van der Waals surface area (Å²) in [7, 11) is 0. The van der Waals surface area contributed by atoms with Crippen LogP contribution in [0, 0.1) is 11.7 Å². The Hall–Kier alpha value is -1.78. The van der Waals surface area contributed by atoms with Crippen molar-refractivity contribution < 1.29 is 14.3 Å². The third kappa shape index (κ3) is 3.40. The molecule has 2 unspecified atom stereocenters. The standard InChI is InChI=1S/C15H21FN2O2/c1-9-3-2-4-10(6-5-9)18-14-8-12(16)11(15(19)20)7-13(14)17/h7-10,18H,2-6,17H2,1H3,(H,19,20). The second-order valence-corrected chi connectivity index (χ2v) is 5.68. The van der Waals surface area contributed by atoms with Gasteiger partial charge in [-0.15, -0.1) is 0 Å². The van der Waals surface area contributed by atoms with Gasteiger partial charge in [-0.3, -0.25) is 0 Å². The first-order valence-corrected chi connectivity index (χ1v) is 7.06. The summed E-state index contributed by atoms with van der Waals surface area (Å²) in [5, 5.41) is 12.1. The summed E-state index contributed by atoms with van der Waals surface area (Å²) >= 11 is 0. The van der Waals surface area contributed by atoms with Gasteiger partial charge in [-0.1, -0.05) is 19.8 Å². The van der Waals surface area contributed by atoms with Crippen molar-refractivity contribution in [2.45, 2.75) is 45.1 Å². The van der Waals surface area contributed by atoms with Crippen molar-refractivity contribution in [1.82, 2.24) is 0 Å². The zero-order valence-electron chi connectivity index (χ0n) is 11.7. The second kappa shape index (κ2) is 6.11. The number of aromatic carboxylic acids is 1. The fourth-order valence-corrected chi connectivity index (χ4v) is 2.73. The van der Waals surface area contributed by atoms with Gasteiger partial charge in [0.15, 0.2) is 0 Å². The lowest BCUT2D eigenvalue weighted by molar-refractivity contribution is 0.0692. The lowest BCUT2D eigenvalue weighted by Gasteiger charge is -2.19. The largest absolute Gasteiger partial charge is 0.478 e. The Bertz CT molecular complexity index is 505. The molecule has 2 rings (SSSR count). The lowest BCUT2D eigenvalue weighted by Crippen LogP contribution is -2.19. The van der Waals surface area contributed by atoms with E-state index in [9.17, 15) is 9.18 Å². The van der Waals surface area contributed by atoms with E-state index >= 15 is 0 Å². The van der Waals surface area contributed by atoms with Gasteiger partial charge in [-0.25, -0.2) is 9.18 Å². The van der Waals surface area contributed by atoms with E-state index < -0.39 is 11.8 Å². The van der Waals surface area contributed by atoms with Crippen LogP contribution in [0.25, 0.3) is 0 Å². The molecule has 1 aliphatic rings. The Kier molecular flexibility index (Phi) is 4.47. The van der Waals surface area contributed by atoms with Crippen LogP contribution < -0.4 is 11.1 Å². The molecule has 0 amide bonds. The first-order chi connectivity index (χ1) is 9.47. The van der Waals surface area contributed by atoms with Crippen molar-refractivity contribution in [1.29, 1.82) is 0 Å². The van der Waals surface area contributed by atoms with E-state index in [4.69, 9.17) is 10.8 Å². The van der Waals surface area contributed by atoms with E-state index in [0.29, 0.717) is 5.69 Å².